The van der Waals surface area contributed by atoms with E-state index >= 15 is 0 Å². The zero-order valence-corrected chi connectivity index (χ0v) is 18.8. The van der Waals surface area contributed by atoms with Crippen molar-refractivity contribution in [2.75, 3.05) is 6.54 Å². The van der Waals surface area contributed by atoms with E-state index in [9.17, 15) is 5.11 Å². The van der Waals surface area contributed by atoms with Crippen molar-refractivity contribution in [3.05, 3.63) is 125 Å². The van der Waals surface area contributed by atoms with E-state index in [0.717, 1.165) is 17.9 Å². The average Bonchev–Trinajstić information content (AvgIpc) is 3.22. The van der Waals surface area contributed by atoms with Crippen LogP contribution >= 0.6 is 0 Å². The monoisotopic (exact) mass is 425 g/mol. The molecule has 4 nitrogen and oxygen atoms in total. The van der Waals surface area contributed by atoms with Crippen molar-refractivity contribution in [1.82, 2.24) is 14.9 Å². The Morgan fingerprint density at radius 2 is 1.31 bits per heavy atom. The lowest BCUT2D eigenvalue weighted by molar-refractivity contribution is 0.167. The summed E-state index contributed by atoms with van der Waals surface area (Å²) in [7, 11) is 0. The summed E-state index contributed by atoms with van der Waals surface area (Å²) in [5, 5.41) is 13.2. The van der Waals surface area contributed by atoms with Gasteiger partial charge in [0.15, 0.2) is 0 Å². The number of benzene rings is 3. The van der Waals surface area contributed by atoms with Crippen molar-refractivity contribution in [1.29, 1.82) is 0 Å². The number of hydrogen-bond acceptors (Lipinski definition) is 3. The molecule has 0 aliphatic carbocycles. The van der Waals surface area contributed by atoms with Crippen LogP contribution < -0.4 is 5.32 Å². The molecule has 0 saturated heterocycles. The molecule has 32 heavy (non-hydrogen) atoms. The molecule has 0 saturated carbocycles. The summed E-state index contributed by atoms with van der Waals surface area (Å²) < 4.78 is 2.29. The summed E-state index contributed by atoms with van der Waals surface area (Å²) in [6.45, 7) is 5.22. The molecule has 0 radical (unpaired) electrons. The first kappa shape index (κ1) is 22.0. The van der Waals surface area contributed by atoms with Gasteiger partial charge in [-0.05, 0) is 30.0 Å². The van der Waals surface area contributed by atoms with E-state index in [1.807, 2.05) is 6.92 Å². The largest absolute Gasteiger partial charge is 0.392 e. The van der Waals surface area contributed by atoms with E-state index < -0.39 is 5.54 Å². The minimum absolute atomic E-state index is 0.338. The Bertz CT molecular complexity index is 1010. The maximum Gasteiger partial charge on any atom is 0.121 e. The van der Waals surface area contributed by atoms with Crippen LogP contribution in [-0.2, 0) is 12.1 Å². The van der Waals surface area contributed by atoms with Gasteiger partial charge in [-0.15, -0.1) is 0 Å². The van der Waals surface area contributed by atoms with Crippen LogP contribution in [0.2, 0.25) is 0 Å². The third-order valence-corrected chi connectivity index (χ3v) is 6.03. The first-order valence-electron chi connectivity index (χ1n) is 11.3. The molecule has 1 atom stereocenters. The fourth-order valence-corrected chi connectivity index (χ4v) is 4.42. The van der Waals surface area contributed by atoms with Gasteiger partial charge in [0.1, 0.15) is 11.4 Å². The van der Waals surface area contributed by atoms with E-state index in [4.69, 9.17) is 4.98 Å². The van der Waals surface area contributed by atoms with Crippen molar-refractivity contribution < 1.29 is 5.11 Å². The van der Waals surface area contributed by atoms with Crippen LogP contribution in [0.25, 0.3) is 0 Å². The average molecular weight is 426 g/mol. The molecule has 4 heteroatoms. The molecule has 0 amide bonds. The first-order chi connectivity index (χ1) is 15.7. The quantitative estimate of drug-likeness (QED) is 0.375. The van der Waals surface area contributed by atoms with Crippen LogP contribution in [0.5, 0.6) is 0 Å². The molecule has 0 aliphatic rings. The minimum atomic E-state index is -0.554. The van der Waals surface area contributed by atoms with E-state index in [2.05, 4.69) is 114 Å². The molecule has 2 N–H and O–H groups in total. The summed E-state index contributed by atoms with van der Waals surface area (Å²) in [6, 6.07) is 31.9. The lowest BCUT2D eigenvalue weighted by atomic mass is 9.76. The molecule has 0 bridgehead atoms. The number of aryl methyl sites for hydroxylation is 1. The molecule has 3 aromatic carbocycles. The van der Waals surface area contributed by atoms with Crippen molar-refractivity contribution >= 4 is 0 Å². The number of aliphatic hydroxyl groups excluding tert-OH is 1. The van der Waals surface area contributed by atoms with Crippen LogP contribution in [0.4, 0.5) is 0 Å². The van der Waals surface area contributed by atoms with Crippen molar-refractivity contribution in [3.63, 3.8) is 0 Å². The minimum Gasteiger partial charge on any atom is -0.392 e. The number of aliphatic hydroxyl groups is 1. The van der Waals surface area contributed by atoms with Gasteiger partial charge in [0.2, 0.25) is 0 Å². The topological polar surface area (TPSA) is 50.1 Å². The van der Waals surface area contributed by atoms with E-state index in [-0.39, 0.29) is 6.10 Å². The van der Waals surface area contributed by atoms with Crippen LogP contribution in [0.15, 0.2) is 97.2 Å². The SMILES string of the molecule is CCC(O)CNCc1cn(C(c2ccccc2)(c2ccccc2)c2ccccc2)c(C)n1. The second kappa shape index (κ2) is 9.94. The van der Waals surface area contributed by atoms with E-state index in [1.165, 1.54) is 16.7 Å². The summed E-state index contributed by atoms with van der Waals surface area (Å²) >= 11 is 0. The number of aromatic nitrogens is 2. The van der Waals surface area contributed by atoms with Gasteiger partial charge >= 0.3 is 0 Å². The summed E-state index contributed by atoms with van der Waals surface area (Å²) in [5.74, 6) is 0.939. The standard InChI is InChI=1S/C28H31N3O/c1-3-27(32)20-29-19-26-21-31(22(2)30-26)28(23-13-7-4-8-14-23,24-15-9-5-10-16-24)25-17-11-6-12-18-25/h4-18,21,27,29,32H,3,19-20H2,1-2H3. The molecule has 1 unspecified atom stereocenters. The predicted octanol–water partition coefficient (Wildman–Crippen LogP) is 4.89. The van der Waals surface area contributed by atoms with Crippen molar-refractivity contribution in [3.8, 4) is 0 Å². The van der Waals surface area contributed by atoms with Gasteiger partial charge in [-0.1, -0.05) is 97.9 Å². The number of rotatable bonds is 9. The second-order valence-electron chi connectivity index (χ2n) is 8.15. The van der Waals surface area contributed by atoms with Crippen molar-refractivity contribution in [2.45, 2.75) is 38.5 Å². The molecule has 164 valence electrons. The highest BCUT2D eigenvalue weighted by Gasteiger charge is 2.39. The number of nitrogens with one attached hydrogen (secondary N) is 1. The van der Waals surface area contributed by atoms with Gasteiger partial charge < -0.3 is 15.0 Å². The zero-order valence-electron chi connectivity index (χ0n) is 18.8. The van der Waals surface area contributed by atoms with Gasteiger partial charge in [0.05, 0.1) is 11.8 Å². The highest BCUT2D eigenvalue weighted by atomic mass is 16.3. The molecular formula is C28H31N3O. The lowest BCUT2D eigenvalue weighted by Gasteiger charge is -2.38. The van der Waals surface area contributed by atoms with Gasteiger partial charge in [-0.3, -0.25) is 0 Å². The predicted molar refractivity (Wildman–Crippen MR) is 130 cm³/mol. The Balaban J connectivity index is 1.89. The summed E-state index contributed by atoms with van der Waals surface area (Å²) in [6.07, 6.45) is 2.54. The third-order valence-electron chi connectivity index (χ3n) is 6.03. The second-order valence-corrected chi connectivity index (χ2v) is 8.15. The van der Waals surface area contributed by atoms with Gasteiger partial charge in [-0.2, -0.15) is 0 Å². The van der Waals surface area contributed by atoms with Crippen molar-refractivity contribution in [2.24, 2.45) is 0 Å². The smallest absolute Gasteiger partial charge is 0.121 e. The molecule has 0 spiro atoms. The Morgan fingerprint density at radius 1 is 0.844 bits per heavy atom. The molecule has 0 aliphatic heterocycles. The van der Waals surface area contributed by atoms with Crippen LogP contribution in [0.3, 0.4) is 0 Å². The fourth-order valence-electron chi connectivity index (χ4n) is 4.42. The Hall–Kier alpha value is -3.21. The molecular weight excluding hydrogens is 394 g/mol. The van der Waals surface area contributed by atoms with E-state index in [0.29, 0.717) is 13.1 Å². The zero-order chi connectivity index (χ0) is 22.4. The van der Waals surface area contributed by atoms with Crippen LogP contribution in [0.1, 0.15) is 41.6 Å². The lowest BCUT2D eigenvalue weighted by Crippen LogP contribution is -2.38. The molecule has 0 fully saturated rings. The highest BCUT2D eigenvalue weighted by Crippen LogP contribution is 2.41. The summed E-state index contributed by atoms with van der Waals surface area (Å²) in [5.41, 5.74) is 3.94. The number of hydrogen-bond donors (Lipinski definition) is 2. The molecule has 4 rings (SSSR count). The Labute approximate surface area is 190 Å². The van der Waals surface area contributed by atoms with Crippen LogP contribution in [0, 0.1) is 6.92 Å². The van der Waals surface area contributed by atoms with Gasteiger partial charge in [-0.25, -0.2) is 4.98 Å². The van der Waals surface area contributed by atoms with Crippen LogP contribution in [-0.4, -0.2) is 27.3 Å². The third kappa shape index (κ3) is 4.24. The number of nitrogens with zero attached hydrogens (tertiary/aromatic N) is 2. The maximum atomic E-state index is 9.88. The Kier molecular flexibility index (Phi) is 6.84. The molecule has 4 aromatic rings. The normalized spacial score (nSPS) is 12.6. The maximum absolute atomic E-state index is 9.88. The van der Waals surface area contributed by atoms with E-state index in [1.54, 1.807) is 0 Å². The number of imidazole rings is 1. The molecule has 1 heterocycles. The first-order valence-corrected chi connectivity index (χ1v) is 11.3. The summed E-state index contributed by atoms with van der Waals surface area (Å²) in [4.78, 5) is 4.89. The van der Waals surface area contributed by atoms with Gasteiger partial charge in [0.25, 0.3) is 0 Å². The Morgan fingerprint density at radius 3 is 1.75 bits per heavy atom. The highest BCUT2D eigenvalue weighted by molar-refractivity contribution is 5.51. The molecule has 1 aromatic heterocycles. The fraction of sp³-hybridized carbons (Fsp3) is 0.250. The van der Waals surface area contributed by atoms with Gasteiger partial charge in [0, 0.05) is 19.3 Å².